The van der Waals surface area contributed by atoms with Gasteiger partial charge in [0, 0.05) is 31.2 Å². The first-order chi connectivity index (χ1) is 10.8. The summed E-state index contributed by atoms with van der Waals surface area (Å²) in [6, 6.07) is 7.52. The van der Waals surface area contributed by atoms with Crippen LogP contribution in [-0.4, -0.2) is 56.0 Å². The zero-order chi connectivity index (χ0) is 16.7. The first-order valence-corrected chi connectivity index (χ1v) is 10.1. The van der Waals surface area contributed by atoms with E-state index >= 15 is 0 Å². The third kappa shape index (κ3) is 3.12. The van der Waals surface area contributed by atoms with Crippen molar-refractivity contribution in [2.24, 2.45) is 0 Å². The van der Waals surface area contributed by atoms with Gasteiger partial charge in [0.2, 0.25) is 15.9 Å². The van der Waals surface area contributed by atoms with Crippen LogP contribution < -0.4 is 0 Å². The molecule has 1 aromatic rings. The largest absolute Gasteiger partial charge is 0.339 e. The molecule has 0 radical (unpaired) electrons. The molecule has 126 valence electrons. The Morgan fingerprint density at radius 2 is 1.65 bits per heavy atom. The minimum Gasteiger partial charge on any atom is -0.339 e. The SMILES string of the molecule is CS(=O)(=O)N1CCN(C(=O)C2(c3ccc(Cl)cc3)CCC2)CC1. The summed E-state index contributed by atoms with van der Waals surface area (Å²) < 4.78 is 24.6. The van der Waals surface area contributed by atoms with Crippen LogP contribution in [0.5, 0.6) is 0 Å². The van der Waals surface area contributed by atoms with Gasteiger partial charge in [0.05, 0.1) is 11.7 Å². The fourth-order valence-electron chi connectivity index (χ4n) is 3.45. The quantitative estimate of drug-likeness (QED) is 0.830. The molecule has 5 nitrogen and oxygen atoms in total. The summed E-state index contributed by atoms with van der Waals surface area (Å²) in [4.78, 5) is 14.9. The van der Waals surface area contributed by atoms with E-state index in [0.717, 1.165) is 24.8 Å². The fourth-order valence-corrected chi connectivity index (χ4v) is 4.40. The van der Waals surface area contributed by atoms with Crippen molar-refractivity contribution in [3.63, 3.8) is 0 Å². The van der Waals surface area contributed by atoms with Crippen LogP contribution in [0.2, 0.25) is 5.02 Å². The van der Waals surface area contributed by atoms with E-state index in [1.165, 1.54) is 10.6 Å². The van der Waals surface area contributed by atoms with Crippen molar-refractivity contribution in [3.05, 3.63) is 34.9 Å². The lowest BCUT2D eigenvalue weighted by molar-refractivity contribution is -0.142. The summed E-state index contributed by atoms with van der Waals surface area (Å²) in [6.07, 6.45) is 3.95. The van der Waals surface area contributed by atoms with Gasteiger partial charge in [-0.3, -0.25) is 4.79 Å². The molecule has 1 aliphatic carbocycles. The van der Waals surface area contributed by atoms with Gasteiger partial charge in [0.15, 0.2) is 0 Å². The van der Waals surface area contributed by atoms with Crippen LogP contribution in [0.25, 0.3) is 0 Å². The van der Waals surface area contributed by atoms with E-state index in [4.69, 9.17) is 11.6 Å². The number of piperazine rings is 1. The number of benzene rings is 1. The lowest BCUT2D eigenvalue weighted by Gasteiger charge is -2.45. The number of carbonyl (C=O) groups is 1. The van der Waals surface area contributed by atoms with Gasteiger partial charge in [-0.25, -0.2) is 8.42 Å². The standard InChI is InChI=1S/C16H21ClN2O3S/c1-23(21,22)19-11-9-18(10-12-19)15(20)16(7-2-8-16)13-3-5-14(17)6-4-13/h3-6H,2,7-12H2,1H3. The fraction of sp³-hybridized carbons (Fsp3) is 0.562. The molecule has 2 aliphatic rings. The molecule has 2 fully saturated rings. The van der Waals surface area contributed by atoms with Gasteiger partial charge in [0.1, 0.15) is 0 Å². The normalized spacial score (nSPS) is 21.7. The monoisotopic (exact) mass is 356 g/mol. The molecule has 1 amide bonds. The molecule has 0 aromatic heterocycles. The van der Waals surface area contributed by atoms with Gasteiger partial charge in [-0.15, -0.1) is 0 Å². The number of amides is 1. The third-order valence-corrected chi connectivity index (χ3v) is 6.56. The van der Waals surface area contributed by atoms with Crippen molar-refractivity contribution in [2.45, 2.75) is 24.7 Å². The molecular weight excluding hydrogens is 336 g/mol. The molecule has 0 spiro atoms. The van der Waals surface area contributed by atoms with Gasteiger partial charge in [-0.2, -0.15) is 4.31 Å². The Morgan fingerprint density at radius 1 is 1.09 bits per heavy atom. The van der Waals surface area contributed by atoms with Crippen molar-refractivity contribution in [1.29, 1.82) is 0 Å². The Bertz CT molecular complexity index is 691. The topological polar surface area (TPSA) is 57.7 Å². The smallest absolute Gasteiger partial charge is 0.233 e. The molecule has 1 aliphatic heterocycles. The van der Waals surface area contributed by atoms with Gasteiger partial charge in [-0.05, 0) is 30.5 Å². The van der Waals surface area contributed by atoms with Crippen LogP contribution >= 0.6 is 11.6 Å². The summed E-state index contributed by atoms with van der Waals surface area (Å²) in [5.41, 5.74) is 0.571. The van der Waals surface area contributed by atoms with Gasteiger partial charge in [-0.1, -0.05) is 30.2 Å². The summed E-state index contributed by atoms with van der Waals surface area (Å²) in [7, 11) is -3.18. The zero-order valence-electron chi connectivity index (χ0n) is 13.2. The lowest BCUT2D eigenvalue weighted by Crippen LogP contribution is -2.57. The molecule has 0 atom stereocenters. The molecule has 3 rings (SSSR count). The average Bonchev–Trinajstić information content (AvgIpc) is 2.47. The Hall–Kier alpha value is -1.11. The second-order valence-corrected chi connectivity index (χ2v) is 8.82. The van der Waals surface area contributed by atoms with Crippen LogP contribution in [0.1, 0.15) is 24.8 Å². The lowest BCUT2D eigenvalue weighted by atomic mass is 9.63. The van der Waals surface area contributed by atoms with Crippen molar-refractivity contribution >= 4 is 27.5 Å². The number of rotatable bonds is 3. The van der Waals surface area contributed by atoms with E-state index in [-0.39, 0.29) is 5.91 Å². The molecule has 1 heterocycles. The van der Waals surface area contributed by atoms with Gasteiger partial charge in [0.25, 0.3) is 0 Å². The predicted molar refractivity (Wildman–Crippen MR) is 90.0 cm³/mol. The second kappa shape index (κ2) is 6.07. The molecule has 23 heavy (non-hydrogen) atoms. The number of hydrogen-bond acceptors (Lipinski definition) is 3. The third-order valence-electron chi connectivity index (χ3n) is 5.01. The minimum absolute atomic E-state index is 0.124. The average molecular weight is 357 g/mol. The summed E-state index contributed by atoms with van der Waals surface area (Å²) >= 11 is 5.95. The predicted octanol–water partition coefficient (Wildman–Crippen LogP) is 1.87. The summed E-state index contributed by atoms with van der Waals surface area (Å²) in [6.45, 7) is 1.67. The molecule has 1 aromatic carbocycles. The van der Waals surface area contributed by atoms with E-state index in [0.29, 0.717) is 31.2 Å². The maximum absolute atomic E-state index is 13.1. The van der Waals surface area contributed by atoms with E-state index in [1.54, 1.807) is 0 Å². The highest BCUT2D eigenvalue weighted by atomic mass is 35.5. The first-order valence-electron chi connectivity index (χ1n) is 7.83. The van der Waals surface area contributed by atoms with E-state index < -0.39 is 15.4 Å². The number of hydrogen-bond donors (Lipinski definition) is 0. The second-order valence-electron chi connectivity index (χ2n) is 6.40. The van der Waals surface area contributed by atoms with Crippen LogP contribution in [0.3, 0.4) is 0 Å². The van der Waals surface area contributed by atoms with Crippen LogP contribution in [0, 0.1) is 0 Å². The van der Waals surface area contributed by atoms with Crippen LogP contribution in [0.15, 0.2) is 24.3 Å². The minimum atomic E-state index is -3.18. The maximum Gasteiger partial charge on any atom is 0.233 e. The van der Waals surface area contributed by atoms with Crippen LogP contribution in [0.4, 0.5) is 0 Å². The van der Waals surface area contributed by atoms with E-state index in [9.17, 15) is 13.2 Å². The molecule has 0 bridgehead atoms. The van der Waals surface area contributed by atoms with Gasteiger partial charge >= 0.3 is 0 Å². The molecule has 7 heteroatoms. The molecule has 1 saturated heterocycles. The highest BCUT2D eigenvalue weighted by Crippen LogP contribution is 2.45. The molecule has 0 unspecified atom stereocenters. The maximum atomic E-state index is 13.1. The number of sulfonamides is 1. The van der Waals surface area contributed by atoms with E-state index in [2.05, 4.69) is 0 Å². The van der Waals surface area contributed by atoms with Crippen molar-refractivity contribution in [2.75, 3.05) is 32.4 Å². The van der Waals surface area contributed by atoms with E-state index in [1.807, 2.05) is 29.2 Å². The van der Waals surface area contributed by atoms with Crippen LogP contribution in [-0.2, 0) is 20.2 Å². The highest BCUT2D eigenvalue weighted by Gasteiger charge is 2.48. The Morgan fingerprint density at radius 3 is 2.09 bits per heavy atom. The summed E-state index contributed by atoms with van der Waals surface area (Å²) in [5, 5.41) is 0.664. The van der Waals surface area contributed by atoms with Crippen molar-refractivity contribution in [1.82, 2.24) is 9.21 Å². The molecule has 1 saturated carbocycles. The van der Waals surface area contributed by atoms with Gasteiger partial charge < -0.3 is 4.90 Å². The zero-order valence-corrected chi connectivity index (χ0v) is 14.7. The summed E-state index contributed by atoms with van der Waals surface area (Å²) in [5.74, 6) is 0.124. The Kier molecular flexibility index (Phi) is 4.42. The number of halogens is 1. The first kappa shape index (κ1) is 16.7. The molecule has 0 N–H and O–H groups in total. The highest BCUT2D eigenvalue weighted by molar-refractivity contribution is 7.88. The Balaban J connectivity index is 1.75. The Labute approximate surface area is 142 Å². The van der Waals surface area contributed by atoms with Crippen molar-refractivity contribution < 1.29 is 13.2 Å². The molecular formula is C16H21ClN2O3S. The number of nitrogens with zero attached hydrogens (tertiary/aromatic N) is 2. The number of carbonyl (C=O) groups excluding carboxylic acids is 1. The van der Waals surface area contributed by atoms with Crippen molar-refractivity contribution in [3.8, 4) is 0 Å².